The van der Waals surface area contributed by atoms with Crippen molar-refractivity contribution in [2.24, 2.45) is 0 Å². The molecule has 0 aromatic heterocycles. The van der Waals surface area contributed by atoms with Gasteiger partial charge in [-0.1, -0.05) is 6.07 Å². The van der Waals surface area contributed by atoms with E-state index in [0.29, 0.717) is 18.2 Å². The molecule has 0 bridgehead atoms. The van der Waals surface area contributed by atoms with Gasteiger partial charge in [0.1, 0.15) is 10.6 Å². The summed E-state index contributed by atoms with van der Waals surface area (Å²) in [7, 11) is -2.20. The van der Waals surface area contributed by atoms with Crippen LogP contribution >= 0.6 is 0 Å². The Balaban J connectivity index is 1.61. The molecule has 9 nitrogen and oxygen atoms in total. The number of nitro benzene ring substituents is 1. The van der Waals surface area contributed by atoms with Crippen LogP contribution in [0.1, 0.15) is 30.1 Å². The van der Waals surface area contributed by atoms with Crippen molar-refractivity contribution in [1.82, 2.24) is 10.2 Å². The van der Waals surface area contributed by atoms with Crippen molar-refractivity contribution in [3.63, 3.8) is 0 Å². The molecule has 1 unspecified atom stereocenters. The lowest BCUT2D eigenvalue weighted by molar-refractivity contribution is -0.385. The first kappa shape index (κ1) is 21.7. The normalized spacial score (nSPS) is 14.9. The molecule has 3 rings (SSSR count). The highest BCUT2D eigenvalue weighted by Crippen LogP contribution is 2.26. The minimum Gasteiger partial charge on any atom is -0.379 e. The van der Waals surface area contributed by atoms with Gasteiger partial charge in [-0.3, -0.25) is 19.8 Å². The number of benzene rings is 2. The van der Waals surface area contributed by atoms with Crippen LogP contribution in [-0.2, 0) is 10.1 Å². The molecule has 0 saturated heterocycles. The summed E-state index contributed by atoms with van der Waals surface area (Å²) in [6.45, 7) is 2.56. The summed E-state index contributed by atoms with van der Waals surface area (Å²) in [4.78, 5) is 24.4. The standard InChI is InChI=1S/C20H23N3O6S/c1-14(22(2)16-8-9-16)13-21-20(24)15-6-10-18(11-7-15)29-30(27,28)19-5-3-4-17(12-19)23(25)26/h3-7,10-12,14,16H,8-9,13H2,1-2H3,(H,21,24). The van der Waals surface area contributed by atoms with E-state index in [-0.39, 0.29) is 28.3 Å². The smallest absolute Gasteiger partial charge is 0.339 e. The van der Waals surface area contributed by atoms with E-state index in [1.165, 1.54) is 55.3 Å². The summed E-state index contributed by atoms with van der Waals surface area (Å²) >= 11 is 0. The number of likely N-dealkylation sites (N-methyl/N-ethyl adjacent to an activating group) is 1. The molecule has 2 aromatic rings. The largest absolute Gasteiger partial charge is 0.379 e. The van der Waals surface area contributed by atoms with Gasteiger partial charge in [-0.25, -0.2) is 0 Å². The molecule has 1 aliphatic rings. The van der Waals surface area contributed by atoms with Crippen LogP contribution in [0.2, 0.25) is 0 Å². The molecular weight excluding hydrogens is 410 g/mol. The molecule has 160 valence electrons. The molecule has 0 aliphatic heterocycles. The van der Waals surface area contributed by atoms with Gasteiger partial charge in [0.25, 0.3) is 11.6 Å². The molecule has 0 heterocycles. The van der Waals surface area contributed by atoms with Crippen molar-refractivity contribution in [2.45, 2.75) is 36.7 Å². The lowest BCUT2D eigenvalue weighted by Gasteiger charge is -2.24. The number of carbonyl (C=O) groups is 1. The molecule has 1 amide bonds. The average molecular weight is 433 g/mol. The number of nitrogens with zero attached hydrogens (tertiary/aromatic N) is 2. The van der Waals surface area contributed by atoms with E-state index >= 15 is 0 Å². The Kier molecular flexibility index (Phi) is 6.37. The number of hydrogen-bond donors (Lipinski definition) is 1. The van der Waals surface area contributed by atoms with Crippen LogP contribution in [0.3, 0.4) is 0 Å². The lowest BCUT2D eigenvalue weighted by atomic mass is 10.2. The van der Waals surface area contributed by atoms with E-state index in [0.717, 1.165) is 6.07 Å². The van der Waals surface area contributed by atoms with Gasteiger partial charge < -0.3 is 9.50 Å². The maximum atomic E-state index is 12.4. The SMILES string of the molecule is CC(CNC(=O)c1ccc(OS(=O)(=O)c2cccc([N+](=O)[O-])c2)cc1)N(C)C1CC1. The molecular formula is C20H23N3O6S. The van der Waals surface area contributed by atoms with Crippen LogP contribution in [0.5, 0.6) is 5.75 Å². The van der Waals surface area contributed by atoms with Crippen molar-refractivity contribution in [3.05, 3.63) is 64.2 Å². The number of hydrogen-bond acceptors (Lipinski definition) is 7. The van der Waals surface area contributed by atoms with Crippen molar-refractivity contribution in [3.8, 4) is 5.75 Å². The van der Waals surface area contributed by atoms with E-state index in [9.17, 15) is 23.3 Å². The monoisotopic (exact) mass is 433 g/mol. The van der Waals surface area contributed by atoms with E-state index in [4.69, 9.17) is 4.18 Å². The quantitative estimate of drug-likeness (QED) is 0.367. The van der Waals surface area contributed by atoms with Gasteiger partial charge in [0.05, 0.1) is 4.92 Å². The van der Waals surface area contributed by atoms with Crippen molar-refractivity contribution in [1.29, 1.82) is 0 Å². The molecule has 1 saturated carbocycles. The number of carbonyl (C=O) groups excluding carboxylic acids is 1. The summed E-state index contributed by atoms with van der Waals surface area (Å²) in [5.74, 6) is -0.265. The van der Waals surface area contributed by atoms with E-state index in [1.807, 2.05) is 14.0 Å². The summed E-state index contributed by atoms with van der Waals surface area (Å²) in [6.07, 6.45) is 2.38. The van der Waals surface area contributed by atoms with Gasteiger partial charge in [-0.2, -0.15) is 8.42 Å². The van der Waals surface area contributed by atoms with Gasteiger partial charge in [0.2, 0.25) is 0 Å². The van der Waals surface area contributed by atoms with Gasteiger partial charge >= 0.3 is 10.1 Å². The molecule has 1 fully saturated rings. The zero-order valence-electron chi connectivity index (χ0n) is 16.6. The Morgan fingerprint density at radius 2 is 1.93 bits per heavy atom. The van der Waals surface area contributed by atoms with Crippen LogP contribution in [0, 0.1) is 10.1 Å². The van der Waals surface area contributed by atoms with E-state index in [2.05, 4.69) is 10.2 Å². The Labute approximate surface area is 174 Å². The molecule has 1 atom stereocenters. The van der Waals surface area contributed by atoms with Crippen molar-refractivity contribution < 1.29 is 22.3 Å². The third kappa shape index (κ3) is 5.33. The van der Waals surface area contributed by atoms with E-state index in [1.54, 1.807) is 0 Å². The fourth-order valence-corrected chi connectivity index (χ4v) is 3.89. The highest BCUT2D eigenvalue weighted by atomic mass is 32.2. The van der Waals surface area contributed by atoms with Gasteiger partial charge in [-0.05, 0) is 57.1 Å². The first-order chi connectivity index (χ1) is 14.2. The maximum absolute atomic E-state index is 12.4. The zero-order chi connectivity index (χ0) is 21.9. The molecule has 0 radical (unpaired) electrons. The summed E-state index contributed by atoms with van der Waals surface area (Å²) in [6, 6.07) is 11.1. The molecule has 10 heteroatoms. The third-order valence-electron chi connectivity index (χ3n) is 5.02. The Morgan fingerprint density at radius 3 is 2.53 bits per heavy atom. The zero-order valence-corrected chi connectivity index (χ0v) is 17.5. The van der Waals surface area contributed by atoms with Crippen LogP contribution in [-0.4, -0.2) is 49.8 Å². The van der Waals surface area contributed by atoms with Crippen LogP contribution in [0.25, 0.3) is 0 Å². The number of non-ortho nitro benzene ring substituents is 1. The Bertz CT molecular complexity index is 1030. The van der Waals surface area contributed by atoms with E-state index < -0.39 is 15.0 Å². The van der Waals surface area contributed by atoms with Crippen LogP contribution in [0.15, 0.2) is 53.4 Å². The van der Waals surface area contributed by atoms with Crippen molar-refractivity contribution in [2.75, 3.05) is 13.6 Å². The second-order valence-corrected chi connectivity index (χ2v) is 8.82. The third-order valence-corrected chi connectivity index (χ3v) is 6.26. The molecule has 2 aromatic carbocycles. The molecule has 1 aliphatic carbocycles. The molecule has 30 heavy (non-hydrogen) atoms. The number of nitrogens with one attached hydrogen (secondary N) is 1. The number of nitro groups is 1. The average Bonchev–Trinajstić information content (AvgIpc) is 3.57. The Morgan fingerprint density at radius 1 is 1.27 bits per heavy atom. The highest BCUT2D eigenvalue weighted by Gasteiger charge is 2.29. The summed E-state index contributed by atoms with van der Waals surface area (Å²) in [5.41, 5.74) is 0.0182. The van der Waals surface area contributed by atoms with Crippen molar-refractivity contribution >= 4 is 21.7 Å². The minimum absolute atomic E-state index is 0.000101. The predicted molar refractivity (Wildman–Crippen MR) is 110 cm³/mol. The lowest BCUT2D eigenvalue weighted by Crippen LogP contribution is -2.41. The highest BCUT2D eigenvalue weighted by molar-refractivity contribution is 7.87. The topological polar surface area (TPSA) is 119 Å². The summed E-state index contributed by atoms with van der Waals surface area (Å²) in [5, 5.41) is 13.7. The maximum Gasteiger partial charge on any atom is 0.339 e. The first-order valence-electron chi connectivity index (χ1n) is 9.46. The molecule has 0 spiro atoms. The number of amides is 1. The Hall–Kier alpha value is -2.98. The summed E-state index contributed by atoms with van der Waals surface area (Å²) < 4.78 is 29.8. The molecule has 1 N–H and O–H groups in total. The van der Waals surface area contributed by atoms with Gasteiger partial charge in [0, 0.05) is 36.3 Å². The minimum atomic E-state index is -4.25. The van der Waals surface area contributed by atoms with Crippen LogP contribution in [0.4, 0.5) is 5.69 Å². The second kappa shape index (κ2) is 8.80. The fraction of sp³-hybridized carbons (Fsp3) is 0.350. The van der Waals surface area contributed by atoms with Gasteiger partial charge in [-0.15, -0.1) is 0 Å². The second-order valence-electron chi connectivity index (χ2n) is 7.27. The van der Waals surface area contributed by atoms with Crippen LogP contribution < -0.4 is 9.50 Å². The predicted octanol–water partition coefficient (Wildman–Crippen LogP) is 2.58. The first-order valence-corrected chi connectivity index (χ1v) is 10.9. The number of rotatable bonds is 9. The van der Waals surface area contributed by atoms with Gasteiger partial charge in [0.15, 0.2) is 0 Å². The fourth-order valence-electron chi connectivity index (χ4n) is 2.92.